The Morgan fingerprint density at radius 1 is 1.40 bits per heavy atom. The molecule has 5 nitrogen and oxygen atoms in total. The summed E-state index contributed by atoms with van der Waals surface area (Å²) >= 11 is 0. The normalized spacial score (nSPS) is 11.7. The van der Waals surface area contributed by atoms with Crippen LogP contribution in [-0.2, 0) is 23.9 Å². The highest BCUT2D eigenvalue weighted by atomic mass is 19.4. The van der Waals surface area contributed by atoms with E-state index < -0.39 is 18.5 Å². The maximum atomic E-state index is 12.8. The number of aliphatic hydroxyl groups is 1. The van der Waals surface area contributed by atoms with Crippen molar-refractivity contribution in [2.24, 2.45) is 0 Å². The van der Waals surface area contributed by atoms with E-state index >= 15 is 0 Å². The topological polar surface area (TPSA) is 58.4 Å². The van der Waals surface area contributed by atoms with E-state index in [1.54, 1.807) is 13.8 Å². The molecule has 0 aliphatic rings. The second kappa shape index (κ2) is 6.74. The largest absolute Gasteiger partial charge is 0.435 e. The van der Waals surface area contributed by atoms with Crippen LogP contribution in [0.4, 0.5) is 13.2 Å². The van der Waals surface area contributed by atoms with Gasteiger partial charge in [0.15, 0.2) is 5.69 Å². The molecule has 0 unspecified atom stereocenters. The Hall–Kier alpha value is -1.57. The van der Waals surface area contributed by atoms with Crippen LogP contribution in [0.3, 0.4) is 0 Å². The number of likely N-dealkylation sites (N-methyl/N-ethyl adjacent to an activating group) is 1. The van der Waals surface area contributed by atoms with Gasteiger partial charge in [-0.15, -0.1) is 0 Å². The molecule has 0 bridgehead atoms. The maximum Gasteiger partial charge on any atom is 0.435 e. The zero-order valence-electron chi connectivity index (χ0n) is 11.4. The number of carbonyl (C=O) groups excluding carboxylic acids is 1. The predicted octanol–water partition coefficient (Wildman–Crippen LogP) is 1.31. The van der Waals surface area contributed by atoms with E-state index in [2.05, 4.69) is 5.10 Å². The van der Waals surface area contributed by atoms with Crippen molar-refractivity contribution >= 4 is 5.91 Å². The highest BCUT2D eigenvalue weighted by molar-refractivity contribution is 5.75. The maximum absolute atomic E-state index is 12.8. The minimum Gasteiger partial charge on any atom is -0.396 e. The van der Waals surface area contributed by atoms with Gasteiger partial charge in [0, 0.05) is 31.5 Å². The number of hydrogen-bond acceptors (Lipinski definition) is 3. The fraction of sp³-hybridized carbons (Fsp3) is 0.667. The number of aliphatic hydroxyl groups excluding tert-OH is 1. The van der Waals surface area contributed by atoms with Crippen LogP contribution >= 0.6 is 0 Å². The van der Waals surface area contributed by atoms with E-state index in [4.69, 9.17) is 5.11 Å². The first kappa shape index (κ1) is 16.5. The van der Waals surface area contributed by atoms with E-state index in [-0.39, 0.29) is 24.4 Å². The van der Waals surface area contributed by atoms with Gasteiger partial charge in [0.1, 0.15) is 6.54 Å². The van der Waals surface area contributed by atoms with Crippen LogP contribution < -0.4 is 0 Å². The van der Waals surface area contributed by atoms with Crippen LogP contribution in [0.15, 0.2) is 6.20 Å². The zero-order chi connectivity index (χ0) is 15.3. The Morgan fingerprint density at radius 3 is 2.45 bits per heavy atom. The lowest BCUT2D eigenvalue weighted by Crippen LogP contribution is -2.33. The average molecular weight is 293 g/mol. The molecular weight excluding hydrogens is 275 g/mol. The number of hydrogen-bond donors (Lipinski definition) is 1. The summed E-state index contributed by atoms with van der Waals surface area (Å²) in [6.45, 7) is 3.93. The fourth-order valence-electron chi connectivity index (χ4n) is 1.90. The number of halogens is 3. The molecule has 8 heteroatoms. The SMILES string of the molecule is CCN(CC)C(=O)Cn1cc(CCO)c(C(F)(F)F)n1. The molecular formula is C12H18F3N3O2. The van der Waals surface area contributed by atoms with Crippen molar-refractivity contribution in [1.82, 2.24) is 14.7 Å². The van der Waals surface area contributed by atoms with E-state index in [0.717, 1.165) is 4.68 Å². The van der Waals surface area contributed by atoms with Gasteiger partial charge >= 0.3 is 6.18 Å². The summed E-state index contributed by atoms with van der Waals surface area (Å²) < 4.78 is 39.3. The van der Waals surface area contributed by atoms with Gasteiger partial charge < -0.3 is 10.0 Å². The van der Waals surface area contributed by atoms with Crippen LogP contribution in [0, 0.1) is 0 Å². The zero-order valence-corrected chi connectivity index (χ0v) is 11.4. The Bertz CT molecular complexity index is 453. The van der Waals surface area contributed by atoms with Gasteiger partial charge in [0.2, 0.25) is 5.91 Å². The first-order valence-corrected chi connectivity index (χ1v) is 6.35. The molecule has 1 aromatic rings. The Kier molecular flexibility index (Phi) is 5.55. The molecule has 20 heavy (non-hydrogen) atoms. The van der Waals surface area contributed by atoms with Crippen LogP contribution in [-0.4, -0.2) is 45.4 Å². The van der Waals surface area contributed by atoms with Gasteiger partial charge in [-0.3, -0.25) is 9.48 Å². The average Bonchev–Trinajstić information content (AvgIpc) is 2.74. The van der Waals surface area contributed by atoms with Crippen molar-refractivity contribution < 1.29 is 23.1 Å². The quantitative estimate of drug-likeness (QED) is 0.860. The fourth-order valence-corrected chi connectivity index (χ4v) is 1.90. The molecule has 1 aromatic heterocycles. The first-order chi connectivity index (χ1) is 9.33. The van der Waals surface area contributed by atoms with Gasteiger partial charge in [-0.25, -0.2) is 0 Å². The number of alkyl halides is 3. The summed E-state index contributed by atoms with van der Waals surface area (Å²) in [5.41, 5.74) is -1.15. The number of nitrogens with zero attached hydrogens (tertiary/aromatic N) is 3. The van der Waals surface area contributed by atoms with Crippen LogP contribution in [0.25, 0.3) is 0 Å². The predicted molar refractivity (Wildman–Crippen MR) is 65.9 cm³/mol. The highest BCUT2D eigenvalue weighted by Gasteiger charge is 2.37. The molecule has 0 spiro atoms. The Labute approximate surface area is 115 Å². The molecule has 0 saturated heterocycles. The molecule has 0 atom stereocenters. The van der Waals surface area contributed by atoms with E-state index in [0.29, 0.717) is 13.1 Å². The van der Waals surface area contributed by atoms with Crippen molar-refractivity contribution in [3.05, 3.63) is 17.5 Å². The molecule has 1 rings (SSSR count). The molecule has 0 aromatic carbocycles. The number of carbonyl (C=O) groups is 1. The first-order valence-electron chi connectivity index (χ1n) is 6.35. The summed E-state index contributed by atoms with van der Waals surface area (Å²) in [5.74, 6) is -0.290. The van der Waals surface area contributed by atoms with Gasteiger partial charge in [-0.05, 0) is 20.3 Å². The standard InChI is InChI=1S/C12H18F3N3O2/c1-3-17(4-2)10(20)8-18-7-9(5-6-19)11(16-18)12(13,14)15/h7,19H,3-6,8H2,1-2H3. The molecule has 0 aliphatic carbocycles. The molecule has 1 heterocycles. The van der Waals surface area contributed by atoms with Crippen molar-refractivity contribution in [2.45, 2.75) is 33.0 Å². The molecule has 1 N–H and O–H groups in total. The Balaban J connectivity index is 2.94. The minimum absolute atomic E-state index is 0.104. The summed E-state index contributed by atoms with van der Waals surface area (Å²) in [5, 5.41) is 12.2. The second-order valence-electron chi connectivity index (χ2n) is 4.24. The van der Waals surface area contributed by atoms with Crippen LogP contribution in [0.5, 0.6) is 0 Å². The van der Waals surface area contributed by atoms with Gasteiger partial charge in [0.05, 0.1) is 0 Å². The van der Waals surface area contributed by atoms with Crippen molar-refractivity contribution in [1.29, 1.82) is 0 Å². The van der Waals surface area contributed by atoms with Crippen LogP contribution in [0.1, 0.15) is 25.1 Å². The Morgan fingerprint density at radius 2 is 2.00 bits per heavy atom. The van der Waals surface area contributed by atoms with E-state index in [1.165, 1.54) is 11.1 Å². The summed E-state index contributed by atoms with van der Waals surface area (Å²) in [6.07, 6.45) is -3.57. The number of aromatic nitrogens is 2. The highest BCUT2D eigenvalue weighted by Crippen LogP contribution is 2.30. The second-order valence-corrected chi connectivity index (χ2v) is 4.24. The third-order valence-electron chi connectivity index (χ3n) is 2.90. The molecule has 0 radical (unpaired) electrons. The lowest BCUT2D eigenvalue weighted by Gasteiger charge is -2.18. The third-order valence-corrected chi connectivity index (χ3v) is 2.90. The minimum atomic E-state index is -4.59. The smallest absolute Gasteiger partial charge is 0.396 e. The van der Waals surface area contributed by atoms with Crippen molar-refractivity contribution in [2.75, 3.05) is 19.7 Å². The summed E-state index contributed by atoms with van der Waals surface area (Å²) in [4.78, 5) is 13.4. The number of rotatable bonds is 6. The number of amides is 1. The molecule has 0 aliphatic heterocycles. The molecule has 1 amide bonds. The van der Waals surface area contributed by atoms with Crippen LogP contribution in [0.2, 0.25) is 0 Å². The molecule has 114 valence electrons. The summed E-state index contributed by atoms with van der Waals surface area (Å²) in [6, 6.07) is 0. The van der Waals surface area contributed by atoms with Gasteiger partial charge in [-0.1, -0.05) is 0 Å². The summed E-state index contributed by atoms with van der Waals surface area (Å²) in [7, 11) is 0. The molecule has 0 fully saturated rings. The third kappa shape index (κ3) is 3.96. The van der Waals surface area contributed by atoms with Crippen molar-refractivity contribution in [3.63, 3.8) is 0 Å². The lowest BCUT2D eigenvalue weighted by atomic mass is 10.2. The molecule has 0 saturated carbocycles. The van der Waals surface area contributed by atoms with E-state index in [9.17, 15) is 18.0 Å². The van der Waals surface area contributed by atoms with Gasteiger partial charge in [-0.2, -0.15) is 18.3 Å². The lowest BCUT2D eigenvalue weighted by molar-refractivity contribution is -0.142. The monoisotopic (exact) mass is 293 g/mol. The van der Waals surface area contributed by atoms with Crippen molar-refractivity contribution in [3.8, 4) is 0 Å². The van der Waals surface area contributed by atoms with Gasteiger partial charge in [0.25, 0.3) is 0 Å². The van der Waals surface area contributed by atoms with E-state index in [1.807, 2.05) is 0 Å².